The topological polar surface area (TPSA) is 72.5 Å². The molecule has 0 atom stereocenters. The molecule has 0 unspecified atom stereocenters. The molecule has 2 aliphatic rings. The van der Waals surface area contributed by atoms with Gasteiger partial charge in [0, 0.05) is 24.8 Å². The Labute approximate surface area is 215 Å². The summed E-state index contributed by atoms with van der Waals surface area (Å²) in [6, 6.07) is 9.31. The predicted molar refractivity (Wildman–Crippen MR) is 133 cm³/mol. The van der Waals surface area contributed by atoms with E-state index in [1.807, 2.05) is 0 Å². The minimum atomic E-state index is -4.60. The molecule has 0 spiro atoms. The maximum Gasteiger partial charge on any atom is 0.419 e. The van der Waals surface area contributed by atoms with E-state index in [1.165, 1.54) is 37.4 Å². The van der Waals surface area contributed by atoms with Gasteiger partial charge < -0.3 is 19.7 Å². The number of alkyl halides is 3. The van der Waals surface area contributed by atoms with Crippen LogP contribution in [-0.2, 0) is 15.7 Å². The van der Waals surface area contributed by atoms with Gasteiger partial charge in [-0.15, -0.1) is 0 Å². The highest BCUT2D eigenvalue weighted by atomic mass is 19.4. The molecule has 1 heterocycles. The molecule has 2 fully saturated rings. The average Bonchev–Trinajstić information content (AvgIpc) is 2.89. The van der Waals surface area contributed by atoms with Crippen LogP contribution in [0.4, 0.5) is 18.9 Å². The number of piperidine rings is 1. The van der Waals surface area contributed by atoms with Crippen LogP contribution in [0, 0.1) is 11.8 Å². The number of ether oxygens (including phenoxy) is 2. The van der Waals surface area contributed by atoms with Gasteiger partial charge in [-0.2, -0.15) is 13.2 Å². The Kier molecular flexibility index (Phi) is 8.42. The second kappa shape index (κ2) is 11.5. The summed E-state index contributed by atoms with van der Waals surface area (Å²) in [5.41, 5.74) is -0.407. The number of rotatable bonds is 6. The summed E-state index contributed by atoms with van der Waals surface area (Å²) < 4.78 is 51.1. The number of amides is 1. The molecule has 1 aliphatic heterocycles. The van der Waals surface area contributed by atoms with Crippen LogP contribution in [0.2, 0.25) is 0 Å². The standard InChI is InChI=1S/C28H33F3N2O4/c1-18-7-9-19(10-8-18)26(34)33(20-13-15-32-16-14-20)24-12-11-21(17-22(24)27(35)36-2)37-25-6-4-3-5-23(25)28(29,30)31/h3-6,11-12,17-20,32H,7-10,13-16H2,1-2H3/p+1. The minimum Gasteiger partial charge on any atom is -0.465 e. The smallest absolute Gasteiger partial charge is 0.419 e. The molecule has 2 N–H and O–H groups in total. The quantitative estimate of drug-likeness (QED) is 0.535. The molecular weight excluding hydrogens is 485 g/mol. The Morgan fingerprint density at radius 1 is 0.973 bits per heavy atom. The summed E-state index contributed by atoms with van der Waals surface area (Å²) in [6.07, 6.45) is 0.548. The van der Waals surface area contributed by atoms with E-state index in [4.69, 9.17) is 9.47 Å². The SMILES string of the molecule is COC(=O)c1cc(Oc2ccccc2C(F)(F)F)ccc1N(C(=O)C1CCC(C)CC1)C1CC[NH2+]CC1. The highest BCUT2D eigenvalue weighted by molar-refractivity contribution is 6.04. The molecule has 200 valence electrons. The van der Waals surface area contributed by atoms with E-state index in [1.54, 1.807) is 11.0 Å². The predicted octanol–water partition coefficient (Wildman–Crippen LogP) is 5.17. The van der Waals surface area contributed by atoms with Crippen LogP contribution in [0.5, 0.6) is 11.5 Å². The summed E-state index contributed by atoms with van der Waals surface area (Å²) in [5, 5.41) is 2.21. The number of hydrogen-bond acceptors (Lipinski definition) is 4. The highest BCUT2D eigenvalue weighted by Gasteiger charge is 2.37. The van der Waals surface area contributed by atoms with Gasteiger partial charge in [0.05, 0.1) is 37.0 Å². The van der Waals surface area contributed by atoms with Crippen molar-refractivity contribution in [3.05, 3.63) is 53.6 Å². The lowest BCUT2D eigenvalue weighted by Crippen LogP contribution is -2.87. The molecule has 2 aromatic rings. The lowest BCUT2D eigenvalue weighted by molar-refractivity contribution is -0.662. The van der Waals surface area contributed by atoms with Crippen LogP contribution in [-0.4, -0.2) is 38.1 Å². The number of quaternary nitrogens is 1. The van der Waals surface area contributed by atoms with Gasteiger partial charge in [0.1, 0.15) is 11.5 Å². The van der Waals surface area contributed by atoms with Gasteiger partial charge in [-0.3, -0.25) is 4.79 Å². The van der Waals surface area contributed by atoms with Crippen LogP contribution in [0.3, 0.4) is 0 Å². The van der Waals surface area contributed by atoms with Crippen LogP contribution in [0.1, 0.15) is 61.4 Å². The third-order valence-electron chi connectivity index (χ3n) is 7.43. The minimum absolute atomic E-state index is 0.0000356. The van der Waals surface area contributed by atoms with Crippen LogP contribution >= 0.6 is 0 Å². The number of benzene rings is 2. The van der Waals surface area contributed by atoms with Crippen molar-refractivity contribution < 1.29 is 37.6 Å². The molecule has 1 saturated carbocycles. The molecule has 2 aromatic carbocycles. The van der Waals surface area contributed by atoms with Crippen molar-refractivity contribution in [1.82, 2.24) is 0 Å². The molecule has 1 amide bonds. The summed E-state index contributed by atoms with van der Waals surface area (Å²) in [4.78, 5) is 28.6. The third kappa shape index (κ3) is 6.26. The van der Waals surface area contributed by atoms with E-state index >= 15 is 0 Å². The number of carbonyl (C=O) groups is 2. The van der Waals surface area contributed by atoms with Gasteiger partial charge in [-0.1, -0.05) is 19.1 Å². The molecule has 1 aliphatic carbocycles. The fourth-order valence-corrected chi connectivity index (χ4v) is 5.35. The van der Waals surface area contributed by atoms with Crippen LogP contribution in [0.15, 0.2) is 42.5 Å². The number of para-hydroxylation sites is 1. The van der Waals surface area contributed by atoms with Gasteiger partial charge >= 0.3 is 12.1 Å². The zero-order valence-corrected chi connectivity index (χ0v) is 21.2. The van der Waals surface area contributed by atoms with Crippen molar-refractivity contribution in [2.45, 2.75) is 57.7 Å². The number of anilines is 1. The fourth-order valence-electron chi connectivity index (χ4n) is 5.35. The van der Waals surface area contributed by atoms with Crippen LogP contribution < -0.4 is 15.0 Å². The van der Waals surface area contributed by atoms with Crippen molar-refractivity contribution in [1.29, 1.82) is 0 Å². The number of halogens is 3. The second-order valence-electron chi connectivity index (χ2n) is 10.0. The van der Waals surface area contributed by atoms with E-state index in [0.29, 0.717) is 11.6 Å². The van der Waals surface area contributed by atoms with E-state index in [-0.39, 0.29) is 34.9 Å². The van der Waals surface area contributed by atoms with Gasteiger partial charge in [0.25, 0.3) is 0 Å². The first kappa shape index (κ1) is 27.0. The lowest BCUT2D eigenvalue weighted by atomic mass is 9.81. The van der Waals surface area contributed by atoms with E-state index < -0.39 is 17.7 Å². The highest BCUT2D eigenvalue weighted by Crippen LogP contribution is 2.40. The molecule has 0 bridgehead atoms. The van der Waals surface area contributed by atoms with E-state index in [2.05, 4.69) is 12.2 Å². The van der Waals surface area contributed by atoms with Crippen molar-refractivity contribution >= 4 is 17.6 Å². The molecule has 37 heavy (non-hydrogen) atoms. The van der Waals surface area contributed by atoms with E-state index in [9.17, 15) is 22.8 Å². The van der Waals surface area contributed by atoms with Gasteiger partial charge in [0.15, 0.2) is 0 Å². The Balaban J connectivity index is 1.72. The number of hydrogen-bond donors (Lipinski definition) is 1. The van der Waals surface area contributed by atoms with E-state index in [0.717, 1.165) is 57.7 Å². The molecule has 4 rings (SSSR count). The normalized spacial score (nSPS) is 20.8. The number of nitrogens with two attached hydrogens (primary N) is 1. The summed E-state index contributed by atoms with van der Waals surface area (Å²) >= 11 is 0. The molecular formula is C28H34F3N2O4+. The zero-order valence-electron chi connectivity index (χ0n) is 21.2. The third-order valence-corrected chi connectivity index (χ3v) is 7.43. The van der Waals surface area contributed by atoms with Crippen molar-refractivity contribution in [2.24, 2.45) is 11.8 Å². The van der Waals surface area contributed by atoms with Crippen molar-refractivity contribution in [2.75, 3.05) is 25.1 Å². The molecule has 9 heteroatoms. The first-order chi connectivity index (χ1) is 17.7. The monoisotopic (exact) mass is 519 g/mol. The maximum atomic E-state index is 13.9. The Bertz CT molecular complexity index is 1110. The molecule has 6 nitrogen and oxygen atoms in total. The van der Waals surface area contributed by atoms with Crippen molar-refractivity contribution in [3.8, 4) is 11.5 Å². The second-order valence-corrected chi connectivity index (χ2v) is 10.0. The first-order valence-corrected chi connectivity index (χ1v) is 12.9. The van der Waals surface area contributed by atoms with Gasteiger partial charge in [-0.05, 0) is 61.9 Å². The zero-order chi connectivity index (χ0) is 26.6. The average molecular weight is 520 g/mol. The molecule has 1 saturated heterocycles. The maximum absolute atomic E-state index is 13.9. The summed E-state index contributed by atoms with van der Waals surface area (Å²) in [5.74, 6) is -0.532. The first-order valence-electron chi connectivity index (χ1n) is 12.9. The number of methoxy groups -OCH3 is 1. The van der Waals surface area contributed by atoms with Crippen LogP contribution in [0.25, 0.3) is 0 Å². The fraction of sp³-hybridized carbons (Fsp3) is 0.500. The van der Waals surface area contributed by atoms with Gasteiger partial charge in [0.2, 0.25) is 5.91 Å². The summed E-state index contributed by atoms with van der Waals surface area (Å²) in [7, 11) is 1.24. The molecule has 0 radical (unpaired) electrons. The largest absolute Gasteiger partial charge is 0.465 e. The summed E-state index contributed by atoms with van der Waals surface area (Å²) in [6.45, 7) is 3.94. The molecule has 0 aromatic heterocycles. The Morgan fingerprint density at radius 2 is 1.65 bits per heavy atom. The van der Waals surface area contributed by atoms with Gasteiger partial charge in [-0.25, -0.2) is 4.79 Å². The number of nitrogens with zero attached hydrogens (tertiary/aromatic N) is 1. The Morgan fingerprint density at radius 3 is 2.30 bits per heavy atom. The lowest BCUT2D eigenvalue weighted by Gasteiger charge is -2.38. The Hall–Kier alpha value is -3.07. The number of esters is 1. The number of carbonyl (C=O) groups excluding carboxylic acids is 2. The van der Waals surface area contributed by atoms with Crippen molar-refractivity contribution in [3.63, 3.8) is 0 Å².